The van der Waals surface area contributed by atoms with Gasteiger partial charge in [0.25, 0.3) is 5.56 Å². The number of hydrogen-bond acceptors (Lipinski definition) is 3. The van der Waals surface area contributed by atoms with Crippen molar-refractivity contribution in [2.45, 2.75) is 0 Å². The fourth-order valence-corrected chi connectivity index (χ4v) is 1.14. The molecule has 0 amide bonds. The van der Waals surface area contributed by atoms with Crippen molar-refractivity contribution in [2.24, 2.45) is 0 Å². The Morgan fingerprint density at radius 1 is 1.21 bits per heavy atom. The van der Waals surface area contributed by atoms with E-state index in [-0.39, 0.29) is 5.56 Å². The van der Waals surface area contributed by atoms with Crippen LogP contribution in [0.3, 0.4) is 0 Å². The van der Waals surface area contributed by atoms with Crippen LogP contribution in [-0.4, -0.2) is 14.5 Å². The van der Waals surface area contributed by atoms with E-state index in [0.717, 1.165) is 0 Å². The fourth-order valence-electron chi connectivity index (χ4n) is 1.05. The first kappa shape index (κ1) is 8.90. The summed E-state index contributed by atoms with van der Waals surface area (Å²) in [6.07, 6.45) is 4.47. The van der Waals surface area contributed by atoms with Gasteiger partial charge < -0.3 is 0 Å². The molecule has 2 rings (SSSR count). The summed E-state index contributed by atoms with van der Waals surface area (Å²) < 4.78 is 1.39. The molecule has 2 heterocycles. The van der Waals surface area contributed by atoms with Gasteiger partial charge in [-0.3, -0.25) is 9.36 Å². The van der Waals surface area contributed by atoms with Crippen molar-refractivity contribution in [3.8, 4) is 5.82 Å². The molecule has 0 unspecified atom stereocenters. The van der Waals surface area contributed by atoms with Gasteiger partial charge in [0.2, 0.25) is 0 Å². The van der Waals surface area contributed by atoms with Crippen LogP contribution in [-0.2, 0) is 0 Å². The Balaban J connectivity index is 2.56. The summed E-state index contributed by atoms with van der Waals surface area (Å²) >= 11 is 5.58. The van der Waals surface area contributed by atoms with E-state index >= 15 is 0 Å². The van der Waals surface area contributed by atoms with E-state index in [1.807, 2.05) is 0 Å². The standard InChI is InChI=1S/C9H6ClN3O/c10-7-5-12-8(6-11-7)13-4-2-1-3-9(13)14/h1-6H. The molecule has 0 fully saturated rings. The van der Waals surface area contributed by atoms with Crippen LogP contribution in [0.2, 0.25) is 5.15 Å². The lowest BCUT2D eigenvalue weighted by molar-refractivity contribution is 0.925. The largest absolute Gasteiger partial charge is 0.269 e. The minimum atomic E-state index is -0.149. The molecule has 14 heavy (non-hydrogen) atoms. The van der Waals surface area contributed by atoms with Gasteiger partial charge in [-0.1, -0.05) is 17.7 Å². The van der Waals surface area contributed by atoms with Crippen molar-refractivity contribution in [2.75, 3.05) is 0 Å². The summed E-state index contributed by atoms with van der Waals surface area (Å²) in [5.41, 5.74) is -0.149. The highest BCUT2D eigenvalue weighted by atomic mass is 35.5. The lowest BCUT2D eigenvalue weighted by atomic mass is 10.4. The van der Waals surface area contributed by atoms with Crippen molar-refractivity contribution < 1.29 is 0 Å². The van der Waals surface area contributed by atoms with Crippen LogP contribution in [0.1, 0.15) is 0 Å². The molecule has 0 aliphatic carbocycles. The molecule has 0 radical (unpaired) electrons. The van der Waals surface area contributed by atoms with Crippen LogP contribution in [0.5, 0.6) is 0 Å². The lowest BCUT2D eigenvalue weighted by Gasteiger charge is -2.01. The van der Waals surface area contributed by atoms with E-state index < -0.39 is 0 Å². The SMILES string of the molecule is O=c1ccccn1-c1cnc(Cl)cn1. The zero-order valence-electron chi connectivity index (χ0n) is 7.09. The smallest absolute Gasteiger partial charge is 0.256 e. The number of nitrogens with zero attached hydrogens (tertiary/aromatic N) is 3. The highest BCUT2D eigenvalue weighted by molar-refractivity contribution is 6.29. The average molecular weight is 208 g/mol. The molecule has 0 saturated heterocycles. The highest BCUT2D eigenvalue weighted by Crippen LogP contribution is 2.03. The molecular formula is C9H6ClN3O. The Labute approximate surface area is 84.8 Å². The van der Waals surface area contributed by atoms with Gasteiger partial charge in [-0.2, -0.15) is 0 Å². The molecule has 0 aliphatic heterocycles. The third-order valence-electron chi connectivity index (χ3n) is 1.68. The quantitative estimate of drug-likeness (QED) is 0.708. The summed E-state index contributed by atoms with van der Waals surface area (Å²) in [4.78, 5) is 19.2. The second-order valence-corrected chi connectivity index (χ2v) is 2.99. The first-order chi connectivity index (χ1) is 6.77. The third kappa shape index (κ3) is 1.65. The van der Waals surface area contributed by atoms with Crippen LogP contribution >= 0.6 is 11.6 Å². The fraction of sp³-hybridized carbons (Fsp3) is 0. The van der Waals surface area contributed by atoms with Gasteiger partial charge in [0, 0.05) is 12.3 Å². The molecule has 0 aromatic carbocycles. The second kappa shape index (κ2) is 3.59. The summed E-state index contributed by atoms with van der Waals surface area (Å²) in [7, 11) is 0. The van der Waals surface area contributed by atoms with Crippen LogP contribution in [0.15, 0.2) is 41.6 Å². The van der Waals surface area contributed by atoms with Crippen molar-refractivity contribution >= 4 is 11.6 Å². The zero-order valence-corrected chi connectivity index (χ0v) is 7.85. The predicted octanol–water partition coefficient (Wildman–Crippen LogP) is 1.28. The van der Waals surface area contributed by atoms with Crippen LogP contribution < -0.4 is 5.56 Å². The molecule has 0 saturated carbocycles. The minimum Gasteiger partial charge on any atom is -0.269 e. The number of hydrogen-bond donors (Lipinski definition) is 0. The molecule has 5 heteroatoms. The van der Waals surface area contributed by atoms with Gasteiger partial charge in [-0.25, -0.2) is 9.97 Å². The minimum absolute atomic E-state index is 0.149. The van der Waals surface area contributed by atoms with Crippen molar-refractivity contribution in [3.05, 3.63) is 52.3 Å². The van der Waals surface area contributed by atoms with Crippen LogP contribution in [0.4, 0.5) is 0 Å². The Bertz CT molecular complexity index is 492. The summed E-state index contributed by atoms with van der Waals surface area (Å²) in [6, 6.07) is 4.87. The molecule has 0 bridgehead atoms. The summed E-state index contributed by atoms with van der Waals surface area (Å²) in [5, 5.41) is 0.303. The van der Waals surface area contributed by atoms with Crippen LogP contribution in [0.25, 0.3) is 5.82 Å². The normalized spacial score (nSPS) is 10.1. The molecule has 70 valence electrons. The first-order valence-electron chi connectivity index (χ1n) is 3.93. The maximum absolute atomic E-state index is 11.4. The van der Waals surface area contributed by atoms with Gasteiger partial charge in [-0.15, -0.1) is 0 Å². The maximum Gasteiger partial charge on any atom is 0.256 e. The Kier molecular flexibility index (Phi) is 2.28. The predicted molar refractivity (Wildman–Crippen MR) is 52.6 cm³/mol. The number of halogens is 1. The third-order valence-corrected chi connectivity index (χ3v) is 1.87. The van der Waals surface area contributed by atoms with Crippen molar-refractivity contribution in [1.29, 1.82) is 0 Å². The van der Waals surface area contributed by atoms with Gasteiger partial charge in [-0.05, 0) is 6.07 Å². The maximum atomic E-state index is 11.4. The Hall–Kier alpha value is -1.68. The van der Waals surface area contributed by atoms with Gasteiger partial charge in [0.1, 0.15) is 5.15 Å². The Morgan fingerprint density at radius 3 is 2.71 bits per heavy atom. The van der Waals surface area contributed by atoms with Crippen molar-refractivity contribution in [3.63, 3.8) is 0 Å². The van der Waals surface area contributed by atoms with E-state index in [2.05, 4.69) is 9.97 Å². The topological polar surface area (TPSA) is 47.8 Å². The molecule has 2 aromatic rings. The molecule has 0 spiro atoms. The number of pyridine rings is 1. The van der Waals surface area contributed by atoms with Crippen LogP contribution in [0, 0.1) is 0 Å². The Morgan fingerprint density at radius 2 is 2.07 bits per heavy atom. The monoisotopic (exact) mass is 207 g/mol. The van der Waals surface area contributed by atoms with E-state index in [1.54, 1.807) is 18.3 Å². The average Bonchev–Trinajstić information content (AvgIpc) is 2.20. The van der Waals surface area contributed by atoms with Crippen molar-refractivity contribution in [1.82, 2.24) is 14.5 Å². The first-order valence-corrected chi connectivity index (χ1v) is 4.31. The number of rotatable bonds is 1. The molecule has 4 nitrogen and oxygen atoms in total. The lowest BCUT2D eigenvalue weighted by Crippen LogP contribution is -2.16. The second-order valence-electron chi connectivity index (χ2n) is 2.61. The van der Waals surface area contributed by atoms with E-state index in [0.29, 0.717) is 11.0 Å². The molecule has 0 aliphatic rings. The number of aromatic nitrogens is 3. The highest BCUT2D eigenvalue weighted by Gasteiger charge is 1.99. The zero-order chi connectivity index (χ0) is 9.97. The summed E-state index contributed by atoms with van der Waals surface area (Å²) in [5.74, 6) is 0.458. The van der Waals surface area contributed by atoms with E-state index in [1.165, 1.54) is 23.0 Å². The van der Waals surface area contributed by atoms with Gasteiger partial charge in [0.05, 0.1) is 12.4 Å². The molecular weight excluding hydrogens is 202 g/mol. The molecule has 2 aromatic heterocycles. The summed E-state index contributed by atoms with van der Waals surface area (Å²) in [6.45, 7) is 0. The molecule has 0 atom stereocenters. The van der Waals surface area contributed by atoms with E-state index in [4.69, 9.17) is 11.6 Å². The van der Waals surface area contributed by atoms with Gasteiger partial charge >= 0.3 is 0 Å². The van der Waals surface area contributed by atoms with E-state index in [9.17, 15) is 4.79 Å². The van der Waals surface area contributed by atoms with Gasteiger partial charge in [0.15, 0.2) is 5.82 Å². The molecule has 0 N–H and O–H groups in total.